The molecule has 1 atom stereocenters. The molecule has 2 nitrogen and oxygen atoms in total. The van der Waals surface area contributed by atoms with Gasteiger partial charge in [-0.25, -0.2) is 4.39 Å². The normalized spacial score (nSPS) is 13.3. The van der Waals surface area contributed by atoms with E-state index in [0.717, 1.165) is 28.8 Å². The van der Waals surface area contributed by atoms with E-state index in [4.69, 9.17) is 5.84 Å². The number of nitrogens with two attached hydrogens (primary N) is 1. The molecular weight excluding hydrogens is 259 g/mol. The van der Waals surface area contributed by atoms with Gasteiger partial charge in [0.25, 0.3) is 0 Å². The Labute approximate surface area is 117 Å². The zero-order chi connectivity index (χ0) is 13.8. The molecule has 1 heterocycles. The number of hydrazine groups is 1. The molecule has 3 N–H and O–H groups in total. The van der Waals surface area contributed by atoms with Crippen molar-refractivity contribution in [3.63, 3.8) is 0 Å². The summed E-state index contributed by atoms with van der Waals surface area (Å²) in [6.07, 6.45) is 3.37. The summed E-state index contributed by atoms with van der Waals surface area (Å²) in [7, 11) is 0. The molecule has 0 aliphatic rings. The molecule has 2 aromatic rings. The number of thiophene rings is 1. The highest BCUT2D eigenvalue weighted by Gasteiger charge is 2.13. The molecule has 4 heteroatoms. The van der Waals surface area contributed by atoms with Gasteiger partial charge < -0.3 is 0 Å². The predicted molar refractivity (Wildman–Crippen MR) is 80.5 cm³/mol. The number of nitrogens with one attached hydrogen (secondary N) is 1. The van der Waals surface area contributed by atoms with E-state index in [1.807, 2.05) is 12.1 Å². The molecule has 0 spiro atoms. The van der Waals surface area contributed by atoms with E-state index in [1.165, 1.54) is 17.4 Å². The summed E-state index contributed by atoms with van der Waals surface area (Å²) in [6.45, 7) is 4.46. The standard InChI is InChI=1S/C15H21FN2S/c1-10(2)4-3-5-13(18-17)15-9-11-8-12(16)6-7-14(11)19-15/h6-10,13,18H,3-5,17H2,1-2H3. The summed E-state index contributed by atoms with van der Waals surface area (Å²) >= 11 is 1.69. The van der Waals surface area contributed by atoms with Crippen LogP contribution in [-0.4, -0.2) is 0 Å². The third-order valence-electron chi connectivity index (χ3n) is 3.32. The van der Waals surface area contributed by atoms with Crippen LogP contribution < -0.4 is 11.3 Å². The van der Waals surface area contributed by atoms with Crippen LogP contribution in [-0.2, 0) is 0 Å². The van der Waals surface area contributed by atoms with Gasteiger partial charge in [0.2, 0.25) is 0 Å². The number of hydrogen-bond acceptors (Lipinski definition) is 3. The van der Waals surface area contributed by atoms with Crippen LogP contribution in [0.2, 0.25) is 0 Å². The fraction of sp³-hybridized carbons (Fsp3) is 0.467. The van der Waals surface area contributed by atoms with Gasteiger partial charge in [0.15, 0.2) is 0 Å². The van der Waals surface area contributed by atoms with Crippen molar-refractivity contribution in [1.82, 2.24) is 5.43 Å². The minimum atomic E-state index is -0.186. The first-order chi connectivity index (χ1) is 9.10. The molecule has 0 bridgehead atoms. The van der Waals surface area contributed by atoms with Crippen molar-refractivity contribution in [1.29, 1.82) is 0 Å². The van der Waals surface area contributed by atoms with E-state index < -0.39 is 0 Å². The van der Waals surface area contributed by atoms with E-state index in [2.05, 4.69) is 19.3 Å². The van der Waals surface area contributed by atoms with Gasteiger partial charge in [0.05, 0.1) is 6.04 Å². The topological polar surface area (TPSA) is 38.0 Å². The van der Waals surface area contributed by atoms with Crippen LogP contribution in [0.15, 0.2) is 24.3 Å². The summed E-state index contributed by atoms with van der Waals surface area (Å²) in [5.41, 5.74) is 2.88. The Kier molecular flexibility index (Phi) is 4.91. The Balaban J connectivity index is 2.11. The lowest BCUT2D eigenvalue weighted by atomic mass is 10.0. The van der Waals surface area contributed by atoms with Gasteiger partial charge in [0.1, 0.15) is 5.82 Å². The number of fused-ring (bicyclic) bond motifs is 1. The van der Waals surface area contributed by atoms with Gasteiger partial charge in [0, 0.05) is 9.58 Å². The Bertz CT molecular complexity index is 536. The van der Waals surface area contributed by atoms with E-state index >= 15 is 0 Å². The molecule has 1 unspecified atom stereocenters. The van der Waals surface area contributed by atoms with Crippen LogP contribution in [0.1, 0.15) is 44.0 Å². The van der Waals surface area contributed by atoms with Gasteiger partial charge in [-0.15, -0.1) is 11.3 Å². The Morgan fingerprint density at radius 2 is 2.05 bits per heavy atom. The Hall–Kier alpha value is -0.970. The molecule has 1 aromatic carbocycles. The quantitative estimate of drug-likeness (QED) is 0.609. The van der Waals surface area contributed by atoms with Crippen molar-refractivity contribution >= 4 is 21.4 Å². The zero-order valence-corrected chi connectivity index (χ0v) is 12.3. The van der Waals surface area contributed by atoms with Crippen LogP contribution >= 0.6 is 11.3 Å². The molecule has 1 aromatic heterocycles. The maximum absolute atomic E-state index is 13.2. The largest absolute Gasteiger partial charge is 0.271 e. The first-order valence-electron chi connectivity index (χ1n) is 6.75. The van der Waals surface area contributed by atoms with Gasteiger partial charge in [-0.3, -0.25) is 11.3 Å². The van der Waals surface area contributed by atoms with Crippen molar-refractivity contribution in [2.75, 3.05) is 0 Å². The Morgan fingerprint density at radius 3 is 2.74 bits per heavy atom. The van der Waals surface area contributed by atoms with Gasteiger partial charge in [-0.2, -0.15) is 0 Å². The lowest BCUT2D eigenvalue weighted by Gasteiger charge is -2.14. The lowest BCUT2D eigenvalue weighted by molar-refractivity contribution is 0.459. The number of benzene rings is 1. The second-order valence-corrected chi connectivity index (χ2v) is 6.49. The molecule has 0 aliphatic heterocycles. The molecule has 104 valence electrons. The lowest BCUT2D eigenvalue weighted by Crippen LogP contribution is -2.27. The van der Waals surface area contributed by atoms with Crippen LogP contribution in [0.4, 0.5) is 4.39 Å². The van der Waals surface area contributed by atoms with Crippen molar-refractivity contribution < 1.29 is 4.39 Å². The van der Waals surface area contributed by atoms with E-state index in [9.17, 15) is 4.39 Å². The minimum absolute atomic E-state index is 0.166. The first kappa shape index (κ1) is 14.4. The summed E-state index contributed by atoms with van der Waals surface area (Å²) in [4.78, 5) is 1.19. The summed E-state index contributed by atoms with van der Waals surface area (Å²) in [5, 5.41) is 0.962. The van der Waals surface area contributed by atoms with Gasteiger partial charge in [-0.1, -0.05) is 26.7 Å². The number of rotatable bonds is 6. The van der Waals surface area contributed by atoms with Crippen LogP contribution in [0.5, 0.6) is 0 Å². The van der Waals surface area contributed by atoms with Crippen molar-refractivity contribution in [2.24, 2.45) is 11.8 Å². The summed E-state index contributed by atoms with van der Waals surface area (Å²) < 4.78 is 14.3. The second-order valence-electron chi connectivity index (χ2n) is 5.37. The van der Waals surface area contributed by atoms with Gasteiger partial charge >= 0.3 is 0 Å². The zero-order valence-electron chi connectivity index (χ0n) is 11.4. The molecule has 0 fully saturated rings. The van der Waals surface area contributed by atoms with E-state index in [0.29, 0.717) is 0 Å². The maximum atomic E-state index is 13.2. The highest BCUT2D eigenvalue weighted by atomic mass is 32.1. The van der Waals surface area contributed by atoms with Crippen molar-refractivity contribution in [3.8, 4) is 0 Å². The molecule has 0 amide bonds. The average molecular weight is 280 g/mol. The smallest absolute Gasteiger partial charge is 0.123 e. The summed E-state index contributed by atoms with van der Waals surface area (Å²) in [6, 6.07) is 7.13. The summed E-state index contributed by atoms with van der Waals surface area (Å²) in [5.74, 6) is 6.19. The monoisotopic (exact) mass is 280 g/mol. The maximum Gasteiger partial charge on any atom is 0.123 e. The first-order valence-corrected chi connectivity index (χ1v) is 7.57. The minimum Gasteiger partial charge on any atom is -0.271 e. The highest BCUT2D eigenvalue weighted by Crippen LogP contribution is 2.32. The second kappa shape index (κ2) is 6.46. The predicted octanol–water partition coefficient (Wildman–Crippen LogP) is 4.37. The van der Waals surface area contributed by atoms with Crippen LogP contribution in [0.25, 0.3) is 10.1 Å². The molecule has 2 rings (SSSR count). The van der Waals surface area contributed by atoms with E-state index in [1.54, 1.807) is 17.4 Å². The van der Waals surface area contributed by atoms with Crippen molar-refractivity contribution in [3.05, 3.63) is 35.0 Å². The molecule has 0 aliphatic carbocycles. The molecule has 0 saturated carbocycles. The fourth-order valence-corrected chi connectivity index (χ4v) is 3.38. The Morgan fingerprint density at radius 1 is 1.26 bits per heavy atom. The van der Waals surface area contributed by atoms with Gasteiger partial charge in [-0.05, 0) is 42.0 Å². The highest BCUT2D eigenvalue weighted by molar-refractivity contribution is 7.19. The SMILES string of the molecule is CC(C)CCCC(NN)c1cc2cc(F)ccc2s1. The number of halogens is 1. The van der Waals surface area contributed by atoms with Crippen molar-refractivity contribution in [2.45, 2.75) is 39.2 Å². The molecular formula is C15H21FN2S. The fourth-order valence-electron chi connectivity index (χ4n) is 2.24. The molecule has 19 heavy (non-hydrogen) atoms. The van der Waals surface area contributed by atoms with Crippen LogP contribution in [0, 0.1) is 11.7 Å². The average Bonchev–Trinajstić information content (AvgIpc) is 2.76. The number of hydrogen-bond donors (Lipinski definition) is 2. The molecule has 0 radical (unpaired) electrons. The third-order valence-corrected chi connectivity index (χ3v) is 4.55. The molecule has 0 saturated heterocycles. The van der Waals surface area contributed by atoms with Crippen LogP contribution in [0.3, 0.4) is 0 Å². The third kappa shape index (κ3) is 3.75. The van der Waals surface area contributed by atoms with E-state index in [-0.39, 0.29) is 11.9 Å².